The fourth-order valence-electron chi connectivity index (χ4n) is 4.95. The van der Waals surface area contributed by atoms with Gasteiger partial charge in [0.15, 0.2) is 5.65 Å². The lowest BCUT2D eigenvalue weighted by Gasteiger charge is -2.11. The predicted octanol–water partition coefficient (Wildman–Crippen LogP) is 6.23. The van der Waals surface area contributed by atoms with Gasteiger partial charge in [-0.1, -0.05) is 36.9 Å². The van der Waals surface area contributed by atoms with Gasteiger partial charge < -0.3 is 14.9 Å². The summed E-state index contributed by atoms with van der Waals surface area (Å²) in [6, 6.07) is 16.5. The van der Waals surface area contributed by atoms with Gasteiger partial charge in [-0.05, 0) is 30.7 Å². The molecule has 0 aliphatic heterocycles. The van der Waals surface area contributed by atoms with Crippen LogP contribution in [0, 0.1) is 6.92 Å². The molecule has 6 heterocycles. The van der Waals surface area contributed by atoms with E-state index in [1.54, 1.807) is 12.5 Å². The van der Waals surface area contributed by atoms with E-state index in [2.05, 4.69) is 77.3 Å². The quantitative estimate of drug-likeness (QED) is 0.228. The van der Waals surface area contributed by atoms with Gasteiger partial charge in [-0.2, -0.15) is 5.10 Å². The number of imidazole rings is 1. The second-order valence-corrected chi connectivity index (χ2v) is 9.77. The first-order chi connectivity index (χ1) is 19.6. The summed E-state index contributed by atoms with van der Waals surface area (Å²) in [5, 5.41) is 13.0. The number of aromatic amines is 2. The van der Waals surface area contributed by atoms with Crippen LogP contribution in [-0.2, 0) is 6.42 Å². The predicted molar refractivity (Wildman–Crippen MR) is 157 cm³/mol. The van der Waals surface area contributed by atoms with Crippen molar-refractivity contribution >= 4 is 27.6 Å². The van der Waals surface area contributed by atoms with E-state index in [1.165, 1.54) is 5.56 Å². The molecule has 7 rings (SSSR count). The molecule has 1 aromatic carbocycles. The molecule has 0 aliphatic carbocycles. The topological polar surface area (TPSA) is 113 Å². The van der Waals surface area contributed by atoms with Crippen LogP contribution in [0.15, 0.2) is 104 Å². The molecule has 9 nitrogen and oxygen atoms in total. The smallest absolute Gasteiger partial charge is 0.181 e. The zero-order valence-corrected chi connectivity index (χ0v) is 21.8. The third-order valence-corrected chi connectivity index (χ3v) is 6.85. The summed E-state index contributed by atoms with van der Waals surface area (Å²) in [5.41, 5.74) is 10.1. The number of hydrogen-bond acceptors (Lipinski definition) is 6. The molecule has 0 atom stereocenters. The van der Waals surface area contributed by atoms with Crippen molar-refractivity contribution < 1.29 is 0 Å². The summed E-state index contributed by atoms with van der Waals surface area (Å²) in [6.07, 6.45) is 13.6. The Kier molecular flexibility index (Phi) is 5.67. The van der Waals surface area contributed by atoms with Gasteiger partial charge in [0.1, 0.15) is 0 Å². The van der Waals surface area contributed by atoms with Gasteiger partial charge in [0, 0.05) is 52.6 Å². The lowest BCUT2D eigenvalue weighted by Crippen LogP contribution is -2.02. The van der Waals surface area contributed by atoms with E-state index >= 15 is 0 Å². The monoisotopic (exact) mass is 523 g/mol. The third-order valence-electron chi connectivity index (χ3n) is 6.85. The minimum atomic E-state index is 0.638. The molecule has 0 amide bonds. The summed E-state index contributed by atoms with van der Waals surface area (Å²) < 4.78 is 1.98. The van der Waals surface area contributed by atoms with Gasteiger partial charge >= 0.3 is 0 Å². The Labute approximate surface area is 229 Å². The Balaban J connectivity index is 1.21. The molecule has 0 aliphatic rings. The van der Waals surface area contributed by atoms with Crippen LogP contribution in [0.2, 0.25) is 0 Å². The molecular formula is C31H25N9. The van der Waals surface area contributed by atoms with Gasteiger partial charge in [-0.15, -0.1) is 0 Å². The Morgan fingerprint density at radius 1 is 0.925 bits per heavy atom. The Bertz CT molecular complexity index is 2000. The molecule has 0 unspecified atom stereocenters. The van der Waals surface area contributed by atoms with E-state index in [0.717, 1.165) is 68.0 Å². The maximum Gasteiger partial charge on any atom is 0.181 e. The minimum absolute atomic E-state index is 0.638. The number of nitrogens with one attached hydrogen (secondary N) is 3. The minimum Gasteiger partial charge on any atom is -0.358 e. The largest absolute Gasteiger partial charge is 0.358 e. The van der Waals surface area contributed by atoms with Gasteiger partial charge in [0.2, 0.25) is 0 Å². The number of pyridine rings is 3. The third kappa shape index (κ3) is 4.39. The van der Waals surface area contributed by atoms with E-state index in [1.807, 2.05) is 60.7 Å². The first-order valence-electron chi connectivity index (χ1n) is 12.9. The number of H-pyrrole nitrogens is 2. The van der Waals surface area contributed by atoms with Crippen molar-refractivity contribution in [1.82, 2.24) is 39.7 Å². The lowest BCUT2D eigenvalue weighted by molar-refractivity contribution is 1.05. The first-order valence-corrected chi connectivity index (χ1v) is 12.9. The van der Waals surface area contributed by atoms with E-state index in [4.69, 9.17) is 0 Å². The number of aromatic nitrogens is 8. The second-order valence-electron chi connectivity index (χ2n) is 9.77. The summed E-state index contributed by atoms with van der Waals surface area (Å²) in [5.74, 6) is 0. The lowest BCUT2D eigenvalue weighted by atomic mass is 10.1. The number of fused-ring (bicyclic) bond motifs is 2. The van der Waals surface area contributed by atoms with Gasteiger partial charge in [0.05, 0.1) is 58.9 Å². The summed E-state index contributed by atoms with van der Waals surface area (Å²) >= 11 is 0. The number of nitrogens with zero attached hydrogens (tertiary/aromatic N) is 6. The SMILES string of the molecule is C=C(Cc1ccccc1)Nc1cncc(-c2cnc3n[nH]c(-c4cc5c(-n6cnc(C)c6)cncc5[nH]4)c3c2)c1. The van der Waals surface area contributed by atoms with Crippen LogP contribution in [0.5, 0.6) is 0 Å². The molecule has 0 saturated heterocycles. The van der Waals surface area contributed by atoms with Crippen LogP contribution in [0.25, 0.3) is 50.1 Å². The molecule has 0 spiro atoms. The molecule has 40 heavy (non-hydrogen) atoms. The van der Waals surface area contributed by atoms with E-state index in [-0.39, 0.29) is 0 Å². The molecular weight excluding hydrogens is 498 g/mol. The maximum absolute atomic E-state index is 4.63. The van der Waals surface area contributed by atoms with Crippen molar-refractivity contribution in [2.75, 3.05) is 5.32 Å². The first kappa shape index (κ1) is 23.5. The Morgan fingerprint density at radius 3 is 2.62 bits per heavy atom. The number of anilines is 1. The molecule has 0 radical (unpaired) electrons. The highest BCUT2D eigenvalue weighted by atomic mass is 15.2. The van der Waals surface area contributed by atoms with Crippen LogP contribution >= 0.6 is 0 Å². The average molecular weight is 524 g/mol. The van der Waals surface area contributed by atoms with Crippen molar-refractivity contribution in [3.8, 4) is 28.2 Å². The maximum atomic E-state index is 4.63. The van der Waals surface area contributed by atoms with E-state index in [9.17, 15) is 0 Å². The van der Waals surface area contributed by atoms with Gasteiger partial charge in [-0.3, -0.25) is 15.1 Å². The van der Waals surface area contributed by atoms with E-state index in [0.29, 0.717) is 5.65 Å². The second kappa shape index (κ2) is 9.63. The molecule has 9 heteroatoms. The zero-order valence-electron chi connectivity index (χ0n) is 21.8. The van der Waals surface area contributed by atoms with Crippen LogP contribution in [0.1, 0.15) is 11.3 Å². The molecule has 3 N–H and O–H groups in total. The molecule has 0 bridgehead atoms. The Hall–Kier alpha value is -5.57. The number of benzene rings is 1. The van der Waals surface area contributed by atoms with Crippen molar-refractivity contribution in [2.24, 2.45) is 0 Å². The molecule has 6 aromatic heterocycles. The molecule has 194 valence electrons. The molecule has 0 fully saturated rings. The number of aryl methyl sites for hydroxylation is 1. The number of rotatable bonds is 7. The van der Waals surface area contributed by atoms with Gasteiger partial charge in [-0.25, -0.2) is 9.97 Å². The zero-order chi connectivity index (χ0) is 27.1. The van der Waals surface area contributed by atoms with Gasteiger partial charge in [0.25, 0.3) is 0 Å². The van der Waals surface area contributed by atoms with Crippen molar-refractivity contribution in [3.63, 3.8) is 0 Å². The standard InChI is InChI=1S/C31H25N9/c1-19(8-21-6-4-3-5-7-21)36-24-9-22(12-32-14-24)23-10-26-30(38-39-31(26)34-13-23)27-11-25-28(37-27)15-33-16-29(25)40-17-20(2)35-18-40/h3-7,9-18,36-37H,1,8H2,2H3,(H,34,38,39). The summed E-state index contributed by atoms with van der Waals surface area (Å²) in [4.78, 5) is 21.4. The summed E-state index contributed by atoms with van der Waals surface area (Å²) in [6.45, 7) is 6.16. The molecule has 7 aromatic rings. The van der Waals surface area contributed by atoms with Crippen molar-refractivity contribution in [2.45, 2.75) is 13.3 Å². The van der Waals surface area contributed by atoms with Crippen LogP contribution in [0.4, 0.5) is 5.69 Å². The van der Waals surface area contributed by atoms with Crippen LogP contribution < -0.4 is 5.32 Å². The fraction of sp³-hybridized carbons (Fsp3) is 0.0645. The molecule has 0 saturated carbocycles. The average Bonchev–Trinajstić information content (AvgIpc) is 3.71. The highest BCUT2D eigenvalue weighted by Gasteiger charge is 2.15. The normalized spacial score (nSPS) is 11.3. The Morgan fingerprint density at radius 2 is 1.77 bits per heavy atom. The number of allylic oxidation sites excluding steroid dienone is 1. The van der Waals surface area contributed by atoms with Crippen molar-refractivity contribution in [3.05, 3.63) is 116 Å². The van der Waals surface area contributed by atoms with Crippen LogP contribution in [-0.4, -0.2) is 39.7 Å². The number of hydrogen-bond donors (Lipinski definition) is 3. The fourth-order valence-corrected chi connectivity index (χ4v) is 4.95. The van der Waals surface area contributed by atoms with Crippen LogP contribution in [0.3, 0.4) is 0 Å². The highest BCUT2D eigenvalue weighted by Crippen LogP contribution is 2.32. The van der Waals surface area contributed by atoms with E-state index < -0.39 is 0 Å². The summed E-state index contributed by atoms with van der Waals surface area (Å²) in [7, 11) is 0. The van der Waals surface area contributed by atoms with Crippen molar-refractivity contribution in [1.29, 1.82) is 0 Å². The highest BCUT2D eigenvalue weighted by molar-refractivity contribution is 5.97.